The molecular weight excluding hydrogens is 444 g/mol. The molecule has 3 aromatic rings. The van der Waals surface area contributed by atoms with Crippen molar-refractivity contribution in [1.82, 2.24) is 14.3 Å². The third-order valence-corrected chi connectivity index (χ3v) is 7.75. The molecule has 0 bridgehead atoms. The molecule has 3 heterocycles. The first-order valence-corrected chi connectivity index (χ1v) is 12.6. The maximum atomic E-state index is 13.5. The zero-order chi connectivity index (χ0) is 21.3. The summed E-state index contributed by atoms with van der Waals surface area (Å²) in [6, 6.07) is 9.22. The van der Waals surface area contributed by atoms with Crippen LogP contribution >= 0.6 is 22.9 Å². The molecular formula is C20H21ClN4O3S2. The molecule has 0 atom stereocenters. The maximum absolute atomic E-state index is 13.5. The Hall–Kier alpha value is -2.07. The molecule has 0 saturated carbocycles. The highest BCUT2D eigenvalue weighted by Crippen LogP contribution is 2.33. The number of halogens is 1. The Bertz CT molecular complexity index is 1160. The Balaban J connectivity index is 1.62. The van der Waals surface area contributed by atoms with Crippen LogP contribution in [-0.4, -0.2) is 47.9 Å². The minimum atomic E-state index is -3.24. The second-order valence-corrected chi connectivity index (χ2v) is 10.8. The van der Waals surface area contributed by atoms with E-state index >= 15 is 0 Å². The normalized spacial score (nSPS) is 16.1. The van der Waals surface area contributed by atoms with E-state index in [9.17, 15) is 13.2 Å². The Labute approximate surface area is 184 Å². The summed E-state index contributed by atoms with van der Waals surface area (Å²) in [5.74, 6) is -0.299. The zero-order valence-corrected chi connectivity index (χ0v) is 18.8. The highest BCUT2D eigenvalue weighted by molar-refractivity contribution is 7.88. The summed E-state index contributed by atoms with van der Waals surface area (Å²) in [5, 5.41) is 1.22. The predicted molar refractivity (Wildman–Crippen MR) is 119 cm³/mol. The van der Waals surface area contributed by atoms with E-state index in [1.54, 1.807) is 23.4 Å². The Morgan fingerprint density at radius 1 is 1.30 bits per heavy atom. The molecule has 1 amide bonds. The molecule has 2 aromatic heterocycles. The van der Waals surface area contributed by atoms with Crippen LogP contribution in [0.2, 0.25) is 5.02 Å². The topological polar surface area (TPSA) is 83.5 Å². The zero-order valence-electron chi connectivity index (χ0n) is 16.4. The highest BCUT2D eigenvalue weighted by Gasteiger charge is 2.33. The number of thiazole rings is 1. The molecule has 0 spiro atoms. The minimum Gasteiger partial charge on any atom is -0.283 e. The molecule has 0 radical (unpaired) electrons. The van der Waals surface area contributed by atoms with Gasteiger partial charge >= 0.3 is 0 Å². The molecule has 10 heteroatoms. The summed E-state index contributed by atoms with van der Waals surface area (Å²) >= 11 is 7.53. The summed E-state index contributed by atoms with van der Waals surface area (Å²) in [6.45, 7) is 1.06. The molecule has 0 unspecified atom stereocenters. The van der Waals surface area contributed by atoms with Gasteiger partial charge < -0.3 is 0 Å². The number of rotatable bonds is 5. The standard InChI is InChI=1S/C20H21ClN4O3S2/c1-30(27,28)24-9-6-15(7-10-24)19(26)25(13-14-3-2-8-22-12-14)20-23-17-5-4-16(21)11-18(17)29-20/h2-5,8,11-12,15H,6-7,9-10,13H2,1H3. The van der Waals surface area contributed by atoms with Crippen molar-refractivity contribution in [3.63, 3.8) is 0 Å². The number of amides is 1. The molecule has 4 rings (SSSR count). The van der Waals surface area contributed by atoms with Crippen molar-refractivity contribution >= 4 is 54.2 Å². The second kappa shape index (κ2) is 8.58. The van der Waals surface area contributed by atoms with Crippen molar-refractivity contribution in [1.29, 1.82) is 0 Å². The average molecular weight is 465 g/mol. The van der Waals surface area contributed by atoms with Crippen LogP contribution in [0.4, 0.5) is 5.13 Å². The van der Waals surface area contributed by atoms with Crippen LogP contribution in [0.3, 0.4) is 0 Å². The van der Waals surface area contributed by atoms with Gasteiger partial charge in [-0.25, -0.2) is 17.7 Å². The number of carbonyl (C=O) groups excluding carboxylic acids is 1. The van der Waals surface area contributed by atoms with Gasteiger partial charge in [-0.05, 0) is 42.7 Å². The first kappa shape index (κ1) is 21.2. The van der Waals surface area contributed by atoms with Crippen molar-refractivity contribution < 1.29 is 13.2 Å². The lowest BCUT2D eigenvalue weighted by Crippen LogP contribution is -2.44. The third-order valence-electron chi connectivity index (χ3n) is 5.17. The molecule has 1 aromatic carbocycles. The van der Waals surface area contributed by atoms with Gasteiger partial charge in [-0.15, -0.1) is 0 Å². The van der Waals surface area contributed by atoms with Crippen molar-refractivity contribution in [2.75, 3.05) is 24.2 Å². The van der Waals surface area contributed by atoms with Gasteiger partial charge in [-0.1, -0.05) is 29.0 Å². The molecule has 30 heavy (non-hydrogen) atoms. The van der Waals surface area contributed by atoms with Gasteiger partial charge in [-0.3, -0.25) is 14.7 Å². The van der Waals surface area contributed by atoms with Gasteiger partial charge in [0.1, 0.15) is 0 Å². The van der Waals surface area contributed by atoms with Gasteiger partial charge in [0.15, 0.2) is 5.13 Å². The van der Waals surface area contributed by atoms with E-state index in [0.717, 1.165) is 15.8 Å². The fourth-order valence-electron chi connectivity index (χ4n) is 3.57. The van der Waals surface area contributed by atoms with Gasteiger partial charge in [0.05, 0.1) is 23.0 Å². The number of aromatic nitrogens is 2. The smallest absolute Gasteiger partial charge is 0.232 e. The quantitative estimate of drug-likeness (QED) is 0.576. The van der Waals surface area contributed by atoms with Crippen LogP contribution in [0.15, 0.2) is 42.7 Å². The van der Waals surface area contributed by atoms with E-state index in [2.05, 4.69) is 9.97 Å². The van der Waals surface area contributed by atoms with Crippen molar-refractivity contribution in [3.05, 3.63) is 53.3 Å². The number of piperidine rings is 1. The lowest BCUT2D eigenvalue weighted by atomic mass is 9.96. The molecule has 7 nitrogen and oxygen atoms in total. The Morgan fingerprint density at radius 2 is 2.07 bits per heavy atom. The average Bonchev–Trinajstić information content (AvgIpc) is 3.14. The van der Waals surface area contributed by atoms with Crippen molar-refractivity contribution in [2.24, 2.45) is 5.92 Å². The first-order chi connectivity index (χ1) is 14.3. The first-order valence-electron chi connectivity index (χ1n) is 9.53. The van der Waals surface area contributed by atoms with Crippen LogP contribution < -0.4 is 4.90 Å². The maximum Gasteiger partial charge on any atom is 0.232 e. The molecule has 1 fully saturated rings. The number of nitrogens with zero attached hydrogens (tertiary/aromatic N) is 4. The SMILES string of the molecule is CS(=O)(=O)N1CCC(C(=O)N(Cc2cccnc2)c2nc3ccc(Cl)cc3s2)CC1. The number of carbonyl (C=O) groups is 1. The van der Waals surface area contributed by atoms with E-state index in [1.165, 1.54) is 21.9 Å². The van der Waals surface area contributed by atoms with Crippen LogP contribution in [0.25, 0.3) is 10.2 Å². The summed E-state index contributed by atoms with van der Waals surface area (Å²) in [4.78, 5) is 24.0. The summed E-state index contributed by atoms with van der Waals surface area (Å²) in [6.07, 6.45) is 5.61. The predicted octanol–water partition coefficient (Wildman–Crippen LogP) is 3.55. The molecule has 1 aliphatic rings. The molecule has 0 aliphatic carbocycles. The van der Waals surface area contributed by atoms with Crippen LogP contribution in [-0.2, 0) is 21.4 Å². The molecule has 0 N–H and O–H groups in total. The number of benzene rings is 1. The number of sulfonamides is 1. The number of pyridine rings is 1. The van der Waals surface area contributed by atoms with Gasteiger partial charge in [0.2, 0.25) is 15.9 Å². The number of hydrogen-bond donors (Lipinski definition) is 0. The third kappa shape index (κ3) is 4.64. The van der Waals surface area contributed by atoms with E-state index in [1.807, 2.05) is 24.3 Å². The second-order valence-electron chi connectivity index (χ2n) is 7.33. The Morgan fingerprint density at radius 3 is 2.73 bits per heavy atom. The van der Waals surface area contributed by atoms with E-state index in [4.69, 9.17) is 11.6 Å². The fraction of sp³-hybridized carbons (Fsp3) is 0.350. The number of anilines is 1. The van der Waals surface area contributed by atoms with Gasteiger partial charge in [0.25, 0.3) is 0 Å². The number of fused-ring (bicyclic) bond motifs is 1. The van der Waals surface area contributed by atoms with E-state index in [0.29, 0.717) is 42.6 Å². The molecule has 1 aliphatic heterocycles. The molecule has 158 valence electrons. The minimum absolute atomic E-state index is 0.0443. The lowest BCUT2D eigenvalue weighted by molar-refractivity contribution is -0.123. The van der Waals surface area contributed by atoms with Crippen LogP contribution in [0, 0.1) is 5.92 Å². The monoisotopic (exact) mass is 464 g/mol. The van der Waals surface area contributed by atoms with Crippen molar-refractivity contribution in [2.45, 2.75) is 19.4 Å². The molecule has 1 saturated heterocycles. The van der Waals surface area contributed by atoms with E-state index in [-0.39, 0.29) is 11.8 Å². The van der Waals surface area contributed by atoms with E-state index < -0.39 is 10.0 Å². The number of hydrogen-bond acceptors (Lipinski definition) is 6. The lowest BCUT2D eigenvalue weighted by Gasteiger charge is -2.32. The van der Waals surface area contributed by atoms with Gasteiger partial charge in [0, 0.05) is 36.4 Å². The van der Waals surface area contributed by atoms with Crippen LogP contribution in [0.1, 0.15) is 18.4 Å². The summed E-state index contributed by atoms with van der Waals surface area (Å²) in [5.41, 5.74) is 1.69. The van der Waals surface area contributed by atoms with Crippen LogP contribution in [0.5, 0.6) is 0 Å². The summed E-state index contributed by atoms with van der Waals surface area (Å²) < 4.78 is 25.9. The largest absolute Gasteiger partial charge is 0.283 e. The summed E-state index contributed by atoms with van der Waals surface area (Å²) in [7, 11) is -3.24. The highest BCUT2D eigenvalue weighted by atomic mass is 35.5. The van der Waals surface area contributed by atoms with Gasteiger partial charge in [-0.2, -0.15) is 0 Å². The Kier molecular flexibility index (Phi) is 6.06. The van der Waals surface area contributed by atoms with Crippen molar-refractivity contribution in [3.8, 4) is 0 Å². The fourth-order valence-corrected chi connectivity index (χ4v) is 5.69.